The van der Waals surface area contributed by atoms with Gasteiger partial charge in [0.05, 0.1) is 23.2 Å². The van der Waals surface area contributed by atoms with E-state index < -0.39 is 24.6 Å². The summed E-state index contributed by atoms with van der Waals surface area (Å²) in [6.45, 7) is 7.37. The van der Waals surface area contributed by atoms with Crippen molar-refractivity contribution >= 4 is 44.3 Å². The van der Waals surface area contributed by atoms with E-state index in [9.17, 15) is 23.2 Å². The number of ketones is 1. The molecular formula is C18H12BrClF3N3O. The van der Waals surface area contributed by atoms with Gasteiger partial charge in [0.15, 0.2) is 5.78 Å². The van der Waals surface area contributed by atoms with Crippen LogP contribution in [-0.4, -0.2) is 21.8 Å². The predicted octanol–water partition coefficient (Wildman–Crippen LogP) is 5.59. The number of imidazole rings is 1. The van der Waals surface area contributed by atoms with Crippen LogP contribution in [0.1, 0.15) is 21.7 Å². The molecule has 0 aliphatic heterocycles. The number of nitriles is 1. The van der Waals surface area contributed by atoms with E-state index in [-0.39, 0.29) is 43.1 Å². The summed E-state index contributed by atoms with van der Waals surface area (Å²) >= 11 is 8.98. The van der Waals surface area contributed by atoms with Crippen molar-refractivity contribution < 1.29 is 18.0 Å². The Kier molecular flexibility index (Phi) is 6.29. The molecule has 4 nitrogen and oxygen atoms in total. The van der Waals surface area contributed by atoms with Crippen LogP contribution in [-0.2, 0) is 6.54 Å². The molecule has 0 N–H and O–H groups in total. The lowest BCUT2D eigenvalue weighted by Crippen LogP contribution is -2.10. The molecule has 0 saturated heterocycles. The molecule has 1 aromatic carbocycles. The molecule has 0 aliphatic rings. The molecule has 9 heteroatoms. The molecule has 27 heavy (non-hydrogen) atoms. The predicted molar refractivity (Wildman–Crippen MR) is 101 cm³/mol. The minimum absolute atomic E-state index is 0.0841. The number of fused-ring (bicyclic) bond motifs is 1. The van der Waals surface area contributed by atoms with Crippen LogP contribution in [0.3, 0.4) is 0 Å². The molecular weight excluding hydrogens is 447 g/mol. The van der Waals surface area contributed by atoms with Gasteiger partial charge in [-0.2, -0.15) is 5.26 Å². The first-order chi connectivity index (χ1) is 12.6. The third kappa shape index (κ3) is 4.15. The van der Waals surface area contributed by atoms with Crippen molar-refractivity contribution in [2.45, 2.75) is 19.9 Å². The summed E-state index contributed by atoms with van der Waals surface area (Å²) in [4.78, 5) is 17.0. The zero-order valence-electron chi connectivity index (χ0n) is 14.0. The van der Waals surface area contributed by atoms with E-state index >= 15 is 0 Å². The molecule has 2 aromatic rings. The Bertz CT molecular complexity index is 1050. The highest BCUT2D eigenvalue weighted by Gasteiger charge is 2.26. The van der Waals surface area contributed by atoms with Gasteiger partial charge in [-0.25, -0.2) is 18.2 Å². The Hall–Kier alpha value is -2.37. The molecule has 0 saturated carbocycles. The first kappa shape index (κ1) is 20.9. The van der Waals surface area contributed by atoms with Gasteiger partial charge in [-0.15, -0.1) is 0 Å². The van der Waals surface area contributed by atoms with Gasteiger partial charge in [-0.05, 0) is 35.0 Å². The molecule has 1 heterocycles. The van der Waals surface area contributed by atoms with Gasteiger partial charge in [-0.3, -0.25) is 4.79 Å². The summed E-state index contributed by atoms with van der Waals surface area (Å²) in [5.41, 5.74) is -0.210. The summed E-state index contributed by atoms with van der Waals surface area (Å²) in [5.74, 6) is -1.44. The van der Waals surface area contributed by atoms with Crippen LogP contribution in [0.25, 0.3) is 11.0 Å². The number of aromatic nitrogens is 2. The van der Waals surface area contributed by atoms with Crippen molar-refractivity contribution in [3.8, 4) is 6.07 Å². The highest BCUT2D eigenvalue weighted by molar-refractivity contribution is 9.10. The minimum atomic E-state index is -2.63. The zero-order valence-corrected chi connectivity index (χ0v) is 16.3. The normalized spacial score (nSPS) is 11.7. The number of hydrogen-bond donors (Lipinski definition) is 0. The second-order valence-corrected chi connectivity index (χ2v) is 6.80. The van der Waals surface area contributed by atoms with Crippen molar-refractivity contribution in [3.63, 3.8) is 0 Å². The number of aryl methyl sites for hydroxylation is 1. The monoisotopic (exact) mass is 457 g/mol. The van der Waals surface area contributed by atoms with Crippen molar-refractivity contribution in [1.29, 1.82) is 5.26 Å². The fourth-order valence-electron chi connectivity index (χ4n) is 2.60. The van der Waals surface area contributed by atoms with E-state index in [0.717, 1.165) is 6.08 Å². The number of nitrogens with zero attached hydrogens (tertiary/aromatic N) is 3. The summed E-state index contributed by atoms with van der Waals surface area (Å²) in [6.07, 6.45) is -1.83. The SMILES string of the molecule is C=C(F)/C=C(\C(=C)Cl)C(=O)c1c(Br)cc2c(nc(C)n2CC(F)F)c1C#N. The number of rotatable bonds is 6. The van der Waals surface area contributed by atoms with E-state index in [4.69, 9.17) is 11.6 Å². The fraction of sp³-hybridized carbons (Fsp3) is 0.167. The lowest BCUT2D eigenvalue weighted by molar-refractivity contribution is 0.103. The zero-order chi connectivity index (χ0) is 20.5. The summed E-state index contributed by atoms with van der Waals surface area (Å²) < 4.78 is 40.3. The van der Waals surface area contributed by atoms with Crippen LogP contribution >= 0.6 is 27.5 Å². The number of allylic oxidation sites excluding steroid dienone is 4. The van der Waals surface area contributed by atoms with Gasteiger partial charge in [0.1, 0.15) is 23.2 Å². The number of carbonyl (C=O) groups excluding carboxylic acids is 1. The van der Waals surface area contributed by atoms with E-state index in [2.05, 4.69) is 34.1 Å². The average molecular weight is 459 g/mol. The second kappa shape index (κ2) is 8.11. The molecule has 0 radical (unpaired) electrons. The van der Waals surface area contributed by atoms with Crippen LogP contribution in [0.2, 0.25) is 0 Å². The van der Waals surface area contributed by atoms with Crippen LogP contribution in [0.4, 0.5) is 13.2 Å². The highest BCUT2D eigenvalue weighted by Crippen LogP contribution is 2.33. The van der Waals surface area contributed by atoms with Gasteiger partial charge in [0, 0.05) is 15.1 Å². The van der Waals surface area contributed by atoms with Crippen LogP contribution in [0.5, 0.6) is 0 Å². The van der Waals surface area contributed by atoms with E-state index in [1.165, 1.54) is 17.6 Å². The topological polar surface area (TPSA) is 58.7 Å². The van der Waals surface area contributed by atoms with Gasteiger partial charge in [0.25, 0.3) is 6.43 Å². The molecule has 0 amide bonds. The van der Waals surface area contributed by atoms with Crippen LogP contribution < -0.4 is 0 Å². The standard InChI is InChI=1S/C18H12BrClF3N3O/c1-8(21)4-11(9(2)20)18(27)16-12(6-24)17-14(5-13(16)19)26(7-15(22)23)10(3)25-17/h4-5,15H,1-2,7H2,3H3/b11-4+. The van der Waals surface area contributed by atoms with Gasteiger partial charge >= 0.3 is 0 Å². The largest absolute Gasteiger partial charge is 0.322 e. The maximum absolute atomic E-state index is 13.2. The first-order valence-corrected chi connectivity index (χ1v) is 8.58. The second-order valence-electron chi connectivity index (χ2n) is 5.49. The van der Waals surface area contributed by atoms with E-state index in [1.54, 1.807) is 0 Å². The molecule has 0 spiro atoms. The minimum Gasteiger partial charge on any atom is -0.322 e. The third-order valence-corrected chi connectivity index (χ3v) is 4.51. The van der Waals surface area contributed by atoms with Crippen molar-refractivity contribution in [2.75, 3.05) is 0 Å². The number of benzene rings is 1. The molecule has 0 atom stereocenters. The van der Waals surface area contributed by atoms with Crippen LogP contribution in [0, 0.1) is 18.3 Å². The van der Waals surface area contributed by atoms with E-state index in [0.29, 0.717) is 0 Å². The lowest BCUT2D eigenvalue weighted by Gasteiger charge is -2.11. The molecule has 1 aromatic heterocycles. The number of halogens is 5. The van der Waals surface area contributed by atoms with Crippen molar-refractivity contribution in [2.24, 2.45) is 0 Å². The van der Waals surface area contributed by atoms with E-state index in [1.807, 2.05) is 6.07 Å². The maximum atomic E-state index is 13.2. The fourth-order valence-corrected chi connectivity index (χ4v) is 3.34. The molecule has 0 bridgehead atoms. The Morgan fingerprint density at radius 3 is 2.63 bits per heavy atom. The number of hydrogen-bond acceptors (Lipinski definition) is 3. The number of carbonyl (C=O) groups is 1. The Morgan fingerprint density at radius 1 is 1.52 bits per heavy atom. The number of alkyl halides is 2. The lowest BCUT2D eigenvalue weighted by atomic mass is 9.97. The molecule has 140 valence electrons. The maximum Gasteiger partial charge on any atom is 0.256 e. The quantitative estimate of drug-likeness (QED) is 0.322. The molecule has 0 aliphatic carbocycles. The van der Waals surface area contributed by atoms with Gasteiger partial charge < -0.3 is 4.57 Å². The van der Waals surface area contributed by atoms with Gasteiger partial charge in [-0.1, -0.05) is 24.8 Å². The molecule has 2 rings (SSSR count). The highest BCUT2D eigenvalue weighted by atomic mass is 79.9. The Balaban J connectivity index is 2.81. The first-order valence-electron chi connectivity index (χ1n) is 7.41. The molecule has 0 unspecified atom stereocenters. The Labute approximate surface area is 166 Å². The smallest absolute Gasteiger partial charge is 0.256 e. The van der Waals surface area contributed by atoms with Gasteiger partial charge in [0.2, 0.25) is 0 Å². The summed E-state index contributed by atoms with van der Waals surface area (Å²) in [5, 5.41) is 9.35. The number of Topliss-reactive ketones (excluding diaryl/α,β-unsaturated/α-hetero) is 1. The average Bonchev–Trinajstić information content (AvgIpc) is 2.85. The van der Waals surface area contributed by atoms with Crippen molar-refractivity contribution in [3.05, 3.63) is 63.2 Å². The van der Waals surface area contributed by atoms with Crippen LogP contribution in [0.15, 0.2) is 46.2 Å². The third-order valence-electron chi connectivity index (χ3n) is 3.68. The Morgan fingerprint density at radius 2 is 2.15 bits per heavy atom. The summed E-state index contributed by atoms with van der Waals surface area (Å²) in [6, 6.07) is 3.28. The molecule has 0 fully saturated rings. The van der Waals surface area contributed by atoms with Crippen molar-refractivity contribution in [1.82, 2.24) is 9.55 Å². The summed E-state index contributed by atoms with van der Waals surface area (Å²) in [7, 11) is 0.